The van der Waals surface area contributed by atoms with Crippen LogP contribution in [0.4, 0.5) is 0 Å². The van der Waals surface area contributed by atoms with Gasteiger partial charge in [0.15, 0.2) is 0 Å². The van der Waals surface area contributed by atoms with E-state index < -0.39 is 5.54 Å². The minimum Gasteiger partial charge on any atom is -0.375 e. The summed E-state index contributed by atoms with van der Waals surface area (Å²) in [5, 5.41) is 3.15. The number of halogens is 1. The lowest BCUT2D eigenvalue weighted by Gasteiger charge is -2.39. The molecule has 0 aromatic carbocycles. The molecule has 1 heterocycles. The van der Waals surface area contributed by atoms with Crippen LogP contribution >= 0.6 is 12.4 Å². The molecule has 1 aliphatic heterocycles. The third-order valence-corrected chi connectivity index (χ3v) is 4.63. The van der Waals surface area contributed by atoms with Gasteiger partial charge in [-0.3, -0.25) is 4.79 Å². The average Bonchev–Trinajstić information content (AvgIpc) is 2.77. The van der Waals surface area contributed by atoms with Gasteiger partial charge in [0.25, 0.3) is 0 Å². The van der Waals surface area contributed by atoms with Crippen LogP contribution in [0, 0.1) is 0 Å². The maximum atomic E-state index is 12.2. The van der Waals surface area contributed by atoms with E-state index in [4.69, 9.17) is 10.5 Å². The van der Waals surface area contributed by atoms with Crippen molar-refractivity contribution in [2.45, 2.75) is 82.4 Å². The number of rotatable bonds is 4. The summed E-state index contributed by atoms with van der Waals surface area (Å²) in [4.78, 5) is 12.2. The van der Waals surface area contributed by atoms with Crippen molar-refractivity contribution < 1.29 is 9.53 Å². The van der Waals surface area contributed by atoms with Crippen molar-refractivity contribution in [3.8, 4) is 0 Å². The van der Waals surface area contributed by atoms with Gasteiger partial charge in [-0.25, -0.2) is 0 Å². The van der Waals surface area contributed by atoms with Crippen molar-refractivity contribution in [3.63, 3.8) is 0 Å². The number of carbonyl (C=O) groups is 1. The molecule has 5 heteroatoms. The van der Waals surface area contributed by atoms with Crippen LogP contribution in [0.15, 0.2) is 0 Å². The van der Waals surface area contributed by atoms with Gasteiger partial charge in [0, 0.05) is 12.6 Å². The highest BCUT2D eigenvalue weighted by molar-refractivity contribution is 5.86. The number of carbonyl (C=O) groups excluding carboxylic acids is 1. The second-order valence-electron chi connectivity index (χ2n) is 6.57. The molecule has 4 nitrogen and oxygen atoms in total. The summed E-state index contributed by atoms with van der Waals surface area (Å²) < 4.78 is 5.99. The van der Waals surface area contributed by atoms with Crippen LogP contribution in [0.2, 0.25) is 0 Å². The van der Waals surface area contributed by atoms with E-state index in [1.54, 1.807) is 0 Å². The Labute approximate surface area is 128 Å². The summed E-state index contributed by atoms with van der Waals surface area (Å²) in [5.74, 6) is -0.00519. The van der Waals surface area contributed by atoms with Crippen LogP contribution in [0.5, 0.6) is 0 Å². The Morgan fingerprint density at radius 3 is 2.70 bits per heavy atom. The summed E-state index contributed by atoms with van der Waals surface area (Å²) in [7, 11) is 0. The molecule has 0 aromatic heterocycles. The fraction of sp³-hybridized carbons (Fsp3) is 0.933. The number of ether oxygens (including phenoxy) is 1. The second-order valence-corrected chi connectivity index (χ2v) is 6.57. The zero-order chi connectivity index (χ0) is 13.9. The van der Waals surface area contributed by atoms with E-state index in [1.165, 1.54) is 12.8 Å². The molecule has 2 unspecified atom stereocenters. The molecular formula is C15H29ClN2O2. The van der Waals surface area contributed by atoms with E-state index in [0.29, 0.717) is 0 Å². The summed E-state index contributed by atoms with van der Waals surface area (Å²) in [6, 6.07) is 0.235. The molecule has 1 saturated heterocycles. The Hall–Kier alpha value is -0.320. The normalized spacial score (nSPS) is 27.6. The first-order valence-corrected chi connectivity index (χ1v) is 7.71. The zero-order valence-corrected chi connectivity index (χ0v) is 13.6. The quantitative estimate of drug-likeness (QED) is 0.839. The van der Waals surface area contributed by atoms with Crippen molar-refractivity contribution in [1.29, 1.82) is 0 Å². The van der Waals surface area contributed by atoms with Crippen LogP contribution in [-0.4, -0.2) is 29.7 Å². The Kier molecular flexibility index (Phi) is 6.29. The van der Waals surface area contributed by atoms with Crippen molar-refractivity contribution in [1.82, 2.24) is 5.32 Å². The lowest BCUT2D eigenvalue weighted by molar-refractivity contribution is -0.130. The van der Waals surface area contributed by atoms with Gasteiger partial charge in [0.2, 0.25) is 5.91 Å². The molecule has 1 spiro atoms. The number of hydrogen-bond acceptors (Lipinski definition) is 3. The molecule has 0 radical (unpaired) electrons. The van der Waals surface area contributed by atoms with Gasteiger partial charge in [-0.15, -0.1) is 12.4 Å². The number of nitrogens with two attached hydrogens (primary N) is 1. The highest BCUT2D eigenvalue weighted by Crippen LogP contribution is 2.40. The Morgan fingerprint density at radius 1 is 1.45 bits per heavy atom. The van der Waals surface area contributed by atoms with E-state index in [0.717, 1.165) is 45.1 Å². The van der Waals surface area contributed by atoms with Gasteiger partial charge < -0.3 is 15.8 Å². The maximum absolute atomic E-state index is 12.2. The lowest BCUT2D eigenvalue weighted by atomic mass is 9.88. The molecule has 20 heavy (non-hydrogen) atoms. The highest BCUT2D eigenvalue weighted by atomic mass is 35.5. The molecular weight excluding hydrogens is 276 g/mol. The van der Waals surface area contributed by atoms with Crippen molar-refractivity contribution in [2.75, 3.05) is 6.61 Å². The summed E-state index contributed by atoms with van der Waals surface area (Å²) in [5.41, 5.74) is 5.40. The SMILES string of the molecule is CCCC(C)(N)C(=O)NC1CCOC2(CCCC2)C1.Cl. The number of amides is 1. The summed E-state index contributed by atoms with van der Waals surface area (Å²) in [6.45, 7) is 4.65. The maximum Gasteiger partial charge on any atom is 0.240 e. The number of nitrogens with one attached hydrogen (secondary N) is 1. The van der Waals surface area contributed by atoms with Gasteiger partial charge in [-0.05, 0) is 39.0 Å². The van der Waals surface area contributed by atoms with Gasteiger partial charge in [0.1, 0.15) is 0 Å². The minimum absolute atomic E-state index is 0. The summed E-state index contributed by atoms with van der Waals surface area (Å²) in [6.07, 6.45) is 8.33. The van der Waals surface area contributed by atoms with E-state index in [2.05, 4.69) is 12.2 Å². The van der Waals surface area contributed by atoms with E-state index >= 15 is 0 Å². The Morgan fingerprint density at radius 2 is 2.10 bits per heavy atom. The van der Waals surface area contributed by atoms with Crippen LogP contribution < -0.4 is 11.1 Å². The zero-order valence-electron chi connectivity index (χ0n) is 12.7. The lowest BCUT2D eigenvalue weighted by Crippen LogP contribution is -2.56. The molecule has 2 aliphatic rings. The van der Waals surface area contributed by atoms with Crippen molar-refractivity contribution in [2.24, 2.45) is 5.73 Å². The first-order valence-electron chi connectivity index (χ1n) is 7.71. The van der Waals surface area contributed by atoms with Crippen LogP contribution in [0.3, 0.4) is 0 Å². The molecule has 0 bridgehead atoms. The van der Waals surface area contributed by atoms with Gasteiger partial charge in [-0.2, -0.15) is 0 Å². The topological polar surface area (TPSA) is 64.4 Å². The van der Waals surface area contributed by atoms with E-state index in [9.17, 15) is 4.79 Å². The molecule has 0 aromatic rings. The predicted molar refractivity (Wildman–Crippen MR) is 83.1 cm³/mol. The third-order valence-electron chi connectivity index (χ3n) is 4.63. The fourth-order valence-corrected chi connectivity index (χ4v) is 3.50. The first kappa shape index (κ1) is 17.7. The predicted octanol–water partition coefficient (Wildman–Crippen LogP) is 2.53. The monoisotopic (exact) mass is 304 g/mol. The van der Waals surface area contributed by atoms with Crippen LogP contribution in [-0.2, 0) is 9.53 Å². The third kappa shape index (κ3) is 4.09. The van der Waals surface area contributed by atoms with Gasteiger partial charge >= 0.3 is 0 Å². The van der Waals surface area contributed by atoms with Crippen LogP contribution in [0.1, 0.15) is 65.2 Å². The van der Waals surface area contributed by atoms with E-state index in [-0.39, 0.29) is 30.0 Å². The summed E-state index contributed by atoms with van der Waals surface area (Å²) >= 11 is 0. The van der Waals surface area contributed by atoms with Gasteiger partial charge in [0.05, 0.1) is 11.1 Å². The van der Waals surface area contributed by atoms with Gasteiger partial charge in [-0.1, -0.05) is 26.2 Å². The Balaban J connectivity index is 0.00000200. The molecule has 118 valence electrons. The first-order chi connectivity index (χ1) is 8.97. The van der Waals surface area contributed by atoms with Crippen molar-refractivity contribution in [3.05, 3.63) is 0 Å². The largest absolute Gasteiger partial charge is 0.375 e. The minimum atomic E-state index is -0.740. The average molecular weight is 305 g/mol. The molecule has 1 amide bonds. The molecule has 2 fully saturated rings. The molecule has 2 rings (SSSR count). The number of hydrogen-bond donors (Lipinski definition) is 2. The highest BCUT2D eigenvalue weighted by Gasteiger charge is 2.41. The fourth-order valence-electron chi connectivity index (χ4n) is 3.50. The smallest absolute Gasteiger partial charge is 0.240 e. The second kappa shape index (κ2) is 7.10. The molecule has 1 aliphatic carbocycles. The van der Waals surface area contributed by atoms with E-state index in [1.807, 2.05) is 6.92 Å². The molecule has 2 atom stereocenters. The van der Waals surface area contributed by atoms with Crippen LogP contribution in [0.25, 0.3) is 0 Å². The van der Waals surface area contributed by atoms with Crippen molar-refractivity contribution >= 4 is 18.3 Å². The standard InChI is InChI=1S/C15H28N2O2.ClH/c1-3-7-14(2,16)13(18)17-12-6-10-19-15(11-12)8-4-5-9-15;/h12H,3-11,16H2,1-2H3,(H,17,18);1H. The molecule has 3 N–H and O–H groups in total. The molecule has 1 saturated carbocycles. The Bertz CT molecular complexity index is 328.